The maximum absolute atomic E-state index is 13.4. The third-order valence-corrected chi connectivity index (χ3v) is 6.09. The number of rotatable bonds is 3. The van der Waals surface area contributed by atoms with Crippen LogP contribution in [0.1, 0.15) is 18.1 Å². The summed E-state index contributed by atoms with van der Waals surface area (Å²) < 4.78 is 28.4. The summed E-state index contributed by atoms with van der Waals surface area (Å²) in [7, 11) is -4.28. The minimum atomic E-state index is -4.28. The van der Waals surface area contributed by atoms with E-state index < -0.39 is 21.6 Å². The van der Waals surface area contributed by atoms with Gasteiger partial charge in [0.05, 0.1) is 16.6 Å². The smallest absolute Gasteiger partial charge is 0.274 e. The van der Waals surface area contributed by atoms with Crippen LogP contribution in [0.3, 0.4) is 0 Å². The van der Waals surface area contributed by atoms with E-state index in [-0.39, 0.29) is 27.9 Å². The van der Waals surface area contributed by atoms with Gasteiger partial charge in [-0.15, -0.1) is 0 Å². The quantitative estimate of drug-likeness (QED) is 0.544. The molecule has 0 radical (unpaired) electrons. The van der Waals surface area contributed by atoms with E-state index in [1.54, 1.807) is 49.4 Å². The molecule has 27 heavy (non-hydrogen) atoms. The SMILES string of the molecule is CCC(=O)n1c(=O)n(S(=O)(=O)c2cccc3cccnc23)c2ccccc21. The number of carbonyl (C=O) groups excluding carboxylic acids is 1. The Kier molecular flexibility index (Phi) is 3.92. The number of para-hydroxylation sites is 3. The second-order valence-electron chi connectivity index (χ2n) is 5.95. The van der Waals surface area contributed by atoms with Crippen molar-refractivity contribution in [1.29, 1.82) is 0 Å². The predicted octanol–water partition coefficient (Wildman–Crippen LogP) is 2.64. The highest BCUT2D eigenvalue weighted by Gasteiger charge is 2.28. The molecule has 0 atom stereocenters. The van der Waals surface area contributed by atoms with Crippen LogP contribution in [-0.4, -0.2) is 27.8 Å². The first kappa shape index (κ1) is 17.2. The van der Waals surface area contributed by atoms with Gasteiger partial charge in [-0.25, -0.2) is 17.8 Å². The first-order valence-electron chi connectivity index (χ1n) is 8.32. The van der Waals surface area contributed by atoms with Crippen LogP contribution in [0.4, 0.5) is 0 Å². The lowest BCUT2D eigenvalue weighted by molar-refractivity contribution is 0.0909. The monoisotopic (exact) mass is 381 g/mol. The first-order valence-corrected chi connectivity index (χ1v) is 9.76. The number of fused-ring (bicyclic) bond motifs is 2. The van der Waals surface area contributed by atoms with E-state index in [0.29, 0.717) is 9.36 Å². The third kappa shape index (κ3) is 2.48. The van der Waals surface area contributed by atoms with Crippen molar-refractivity contribution in [3.05, 3.63) is 71.3 Å². The molecule has 0 fully saturated rings. The maximum Gasteiger partial charge on any atom is 0.350 e. The summed E-state index contributed by atoms with van der Waals surface area (Å²) in [6, 6.07) is 14.5. The van der Waals surface area contributed by atoms with E-state index in [0.717, 1.165) is 4.57 Å². The standard InChI is InChI=1S/C19H15N3O4S/c1-2-17(23)21-14-9-3-4-10-15(14)22(19(21)24)27(25,26)16-11-5-7-13-8-6-12-20-18(13)16/h3-12H,2H2,1H3. The molecule has 0 unspecified atom stereocenters. The van der Waals surface area contributed by atoms with Crippen molar-refractivity contribution < 1.29 is 13.2 Å². The molecule has 0 aliphatic carbocycles. The fourth-order valence-corrected chi connectivity index (χ4v) is 4.70. The van der Waals surface area contributed by atoms with Crippen molar-refractivity contribution in [2.75, 3.05) is 0 Å². The van der Waals surface area contributed by atoms with Gasteiger partial charge in [0.1, 0.15) is 4.90 Å². The van der Waals surface area contributed by atoms with E-state index in [4.69, 9.17) is 0 Å². The van der Waals surface area contributed by atoms with Gasteiger partial charge in [-0.3, -0.25) is 9.78 Å². The van der Waals surface area contributed by atoms with Gasteiger partial charge in [-0.2, -0.15) is 3.97 Å². The number of hydrogen-bond donors (Lipinski definition) is 0. The lowest BCUT2D eigenvalue weighted by Crippen LogP contribution is -2.32. The van der Waals surface area contributed by atoms with E-state index in [9.17, 15) is 18.0 Å². The van der Waals surface area contributed by atoms with Gasteiger partial charge in [-0.05, 0) is 24.3 Å². The summed E-state index contributed by atoms with van der Waals surface area (Å²) >= 11 is 0. The van der Waals surface area contributed by atoms with Crippen LogP contribution in [0.15, 0.2) is 70.5 Å². The molecule has 0 bridgehead atoms. The second-order valence-corrected chi connectivity index (χ2v) is 7.71. The topological polar surface area (TPSA) is 91.0 Å². The van der Waals surface area contributed by atoms with Crippen molar-refractivity contribution in [2.45, 2.75) is 18.2 Å². The molecule has 2 heterocycles. The highest BCUT2D eigenvalue weighted by molar-refractivity contribution is 7.90. The second kappa shape index (κ2) is 6.17. The Hall–Kier alpha value is -3.26. The minimum absolute atomic E-state index is 0.0732. The van der Waals surface area contributed by atoms with Gasteiger partial charge < -0.3 is 0 Å². The number of pyridine rings is 1. The average molecular weight is 381 g/mol. The molecule has 4 aromatic rings. The molecular formula is C19H15N3O4S. The minimum Gasteiger partial charge on any atom is -0.274 e. The van der Waals surface area contributed by atoms with Crippen molar-refractivity contribution in [2.24, 2.45) is 0 Å². The molecule has 0 spiro atoms. The lowest BCUT2D eigenvalue weighted by atomic mass is 10.2. The van der Waals surface area contributed by atoms with Crippen LogP contribution in [0.2, 0.25) is 0 Å². The summed E-state index contributed by atoms with van der Waals surface area (Å²) in [6.07, 6.45) is 1.57. The molecule has 7 nitrogen and oxygen atoms in total. The van der Waals surface area contributed by atoms with E-state index >= 15 is 0 Å². The van der Waals surface area contributed by atoms with Gasteiger partial charge in [0.2, 0.25) is 5.91 Å². The lowest BCUT2D eigenvalue weighted by Gasteiger charge is -2.08. The van der Waals surface area contributed by atoms with E-state index in [1.807, 2.05) is 0 Å². The molecule has 0 amide bonds. The Bertz CT molecular complexity index is 1360. The first-order chi connectivity index (χ1) is 13.0. The van der Waals surface area contributed by atoms with Crippen LogP contribution >= 0.6 is 0 Å². The third-order valence-electron chi connectivity index (χ3n) is 4.37. The fourth-order valence-electron chi connectivity index (χ4n) is 3.14. The largest absolute Gasteiger partial charge is 0.350 e. The number of benzene rings is 2. The number of imidazole rings is 1. The van der Waals surface area contributed by atoms with Crippen molar-refractivity contribution >= 4 is 37.9 Å². The number of nitrogens with zero attached hydrogens (tertiary/aromatic N) is 3. The Labute approximate surface area is 154 Å². The molecule has 0 N–H and O–H groups in total. The highest BCUT2D eigenvalue weighted by Crippen LogP contribution is 2.25. The van der Waals surface area contributed by atoms with Crippen LogP contribution in [0, 0.1) is 0 Å². The van der Waals surface area contributed by atoms with Gasteiger partial charge in [0.15, 0.2) is 0 Å². The van der Waals surface area contributed by atoms with Crippen LogP contribution < -0.4 is 5.69 Å². The fraction of sp³-hybridized carbons (Fsp3) is 0.105. The molecule has 0 aliphatic heterocycles. The van der Waals surface area contributed by atoms with Gasteiger partial charge in [0, 0.05) is 18.0 Å². The Balaban J connectivity index is 2.12. The maximum atomic E-state index is 13.4. The Morgan fingerprint density at radius 3 is 2.44 bits per heavy atom. The highest BCUT2D eigenvalue weighted by atomic mass is 32.2. The summed E-state index contributed by atoms with van der Waals surface area (Å²) in [5, 5.41) is 0.639. The van der Waals surface area contributed by atoms with Gasteiger partial charge in [-0.1, -0.05) is 37.3 Å². The summed E-state index contributed by atoms with van der Waals surface area (Å²) in [6.45, 7) is 1.62. The predicted molar refractivity (Wildman–Crippen MR) is 101 cm³/mol. The number of carbonyl (C=O) groups is 1. The molecule has 136 valence electrons. The molecule has 0 saturated heterocycles. The van der Waals surface area contributed by atoms with Crippen LogP contribution in [0.5, 0.6) is 0 Å². The number of hydrogen-bond acceptors (Lipinski definition) is 5. The zero-order valence-corrected chi connectivity index (χ0v) is 15.2. The number of aromatic nitrogens is 3. The van der Waals surface area contributed by atoms with Crippen LogP contribution in [-0.2, 0) is 10.0 Å². The average Bonchev–Trinajstić information content (AvgIpc) is 2.99. The van der Waals surface area contributed by atoms with Crippen molar-refractivity contribution in [1.82, 2.24) is 13.5 Å². The van der Waals surface area contributed by atoms with Crippen LogP contribution in [0.25, 0.3) is 21.9 Å². The molecule has 4 rings (SSSR count). The van der Waals surface area contributed by atoms with Crippen molar-refractivity contribution in [3.63, 3.8) is 0 Å². The zero-order chi connectivity index (χ0) is 19.2. The van der Waals surface area contributed by atoms with Gasteiger partial charge in [0.25, 0.3) is 10.0 Å². The molecule has 0 saturated carbocycles. The zero-order valence-electron chi connectivity index (χ0n) is 14.4. The normalized spacial score (nSPS) is 11.9. The van der Waals surface area contributed by atoms with E-state index in [2.05, 4.69) is 4.98 Å². The Morgan fingerprint density at radius 1 is 1.00 bits per heavy atom. The van der Waals surface area contributed by atoms with Gasteiger partial charge >= 0.3 is 5.69 Å². The Morgan fingerprint density at radius 2 is 1.70 bits per heavy atom. The molecule has 2 aromatic carbocycles. The summed E-state index contributed by atoms with van der Waals surface area (Å²) in [5.74, 6) is -0.471. The molecule has 2 aromatic heterocycles. The van der Waals surface area contributed by atoms with E-state index in [1.165, 1.54) is 18.3 Å². The molecular weight excluding hydrogens is 366 g/mol. The van der Waals surface area contributed by atoms with Crippen molar-refractivity contribution in [3.8, 4) is 0 Å². The summed E-state index contributed by atoms with van der Waals surface area (Å²) in [4.78, 5) is 29.3. The summed E-state index contributed by atoms with van der Waals surface area (Å²) in [5.41, 5.74) is -0.232. The molecule has 0 aliphatic rings. The molecule has 8 heteroatoms.